The van der Waals surface area contributed by atoms with Gasteiger partial charge in [0.25, 0.3) is 5.91 Å². The van der Waals surface area contributed by atoms with Crippen LogP contribution in [0.25, 0.3) is 0 Å². The topological polar surface area (TPSA) is 49.8 Å². The predicted molar refractivity (Wildman–Crippen MR) is 56.6 cm³/mol. The molecule has 4 nitrogen and oxygen atoms in total. The first-order valence-corrected chi connectivity index (χ1v) is 4.83. The summed E-state index contributed by atoms with van der Waals surface area (Å²) in [6, 6.07) is 5.40. The van der Waals surface area contributed by atoms with Gasteiger partial charge in [-0.15, -0.1) is 0 Å². The largest absolute Gasteiger partial charge is 0.356 e. The minimum Gasteiger partial charge on any atom is -0.356 e. The number of carbonyl (C=O) groups excluding carboxylic acids is 1. The van der Waals surface area contributed by atoms with Crippen LogP contribution in [0.1, 0.15) is 10.5 Å². The first-order chi connectivity index (χ1) is 6.75. The summed E-state index contributed by atoms with van der Waals surface area (Å²) in [6.45, 7) is 0. The summed E-state index contributed by atoms with van der Waals surface area (Å²) >= 11 is 3.26. The van der Waals surface area contributed by atoms with Gasteiger partial charge in [-0.1, -0.05) is 0 Å². The third-order valence-electron chi connectivity index (χ3n) is 1.73. The molecule has 72 valence electrons. The zero-order valence-corrected chi connectivity index (χ0v) is 8.78. The Labute approximate surface area is 89.0 Å². The molecular formula is C9H8BrN3O. The van der Waals surface area contributed by atoms with Crippen LogP contribution in [0.5, 0.6) is 0 Å². The van der Waals surface area contributed by atoms with E-state index in [1.54, 1.807) is 29.3 Å². The number of nitrogens with one attached hydrogen (secondary N) is 2. The summed E-state index contributed by atoms with van der Waals surface area (Å²) in [5.41, 5.74) is 3.20. The highest BCUT2D eigenvalue weighted by atomic mass is 79.9. The number of hydrogen-bond acceptors (Lipinski definition) is 1. The van der Waals surface area contributed by atoms with E-state index < -0.39 is 0 Å². The zero-order valence-electron chi connectivity index (χ0n) is 7.20. The van der Waals surface area contributed by atoms with E-state index in [1.807, 2.05) is 12.1 Å². The molecule has 0 unspecified atom stereocenters. The van der Waals surface area contributed by atoms with Gasteiger partial charge >= 0.3 is 0 Å². The Morgan fingerprint density at radius 2 is 2.14 bits per heavy atom. The molecule has 0 bridgehead atoms. The Bertz CT molecular complexity index is 433. The quantitative estimate of drug-likeness (QED) is 0.845. The molecule has 2 heterocycles. The van der Waals surface area contributed by atoms with Crippen LogP contribution in [0, 0.1) is 0 Å². The molecule has 0 radical (unpaired) electrons. The summed E-state index contributed by atoms with van der Waals surface area (Å²) in [5, 5.41) is 0. The van der Waals surface area contributed by atoms with E-state index in [1.165, 1.54) is 0 Å². The maximum Gasteiger partial charge on any atom is 0.286 e. The van der Waals surface area contributed by atoms with Crippen molar-refractivity contribution in [3.8, 4) is 0 Å². The first-order valence-electron chi connectivity index (χ1n) is 4.04. The number of rotatable bonds is 2. The maximum atomic E-state index is 11.5. The molecule has 0 aliphatic carbocycles. The molecule has 0 aromatic carbocycles. The third-order valence-corrected chi connectivity index (χ3v) is 2.19. The first kappa shape index (κ1) is 9.08. The van der Waals surface area contributed by atoms with Crippen molar-refractivity contribution in [1.82, 2.24) is 9.66 Å². The van der Waals surface area contributed by atoms with Crippen molar-refractivity contribution < 1.29 is 4.79 Å². The van der Waals surface area contributed by atoms with Gasteiger partial charge in [0.15, 0.2) is 0 Å². The van der Waals surface area contributed by atoms with Crippen LogP contribution in [0.2, 0.25) is 0 Å². The Kier molecular flexibility index (Phi) is 2.41. The Balaban J connectivity index is 2.10. The number of hydrogen-bond donors (Lipinski definition) is 2. The summed E-state index contributed by atoms with van der Waals surface area (Å²) in [4.78, 5) is 14.4. The third kappa shape index (κ3) is 1.88. The lowest BCUT2D eigenvalue weighted by Gasteiger charge is -2.03. The molecular weight excluding hydrogens is 246 g/mol. The number of amides is 1. The van der Waals surface area contributed by atoms with Gasteiger partial charge in [-0.2, -0.15) is 0 Å². The Morgan fingerprint density at radius 3 is 2.71 bits per heavy atom. The Morgan fingerprint density at radius 1 is 1.43 bits per heavy atom. The fourth-order valence-electron chi connectivity index (χ4n) is 1.09. The van der Waals surface area contributed by atoms with Crippen molar-refractivity contribution in [2.24, 2.45) is 0 Å². The number of nitrogens with zero attached hydrogens (tertiary/aromatic N) is 1. The van der Waals surface area contributed by atoms with Gasteiger partial charge in [0.1, 0.15) is 5.69 Å². The molecule has 0 aliphatic rings. The van der Waals surface area contributed by atoms with E-state index >= 15 is 0 Å². The van der Waals surface area contributed by atoms with E-state index in [4.69, 9.17) is 0 Å². The second-order valence-electron chi connectivity index (χ2n) is 2.76. The van der Waals surface area contributed by atoms with E-state index in [2.05, 4.69) is 26.3 Å². The highest BCUT2D eigenvalue weighted by molar-refractivity contribution is 9.10. The number of H-pyrrole nitrogens is 1. The molecule has 0 atom stereocenters. The minimum atomic E-state index is -0.174. The van der Waals surface area contributed by atoms with Crippen molar-refractivity contribution in [3.63, 3.8) is 0 Å². The molecule has 0 fully saturated rings. The highest BCUT2D eigenvalue weighted by Crippen LogP contribution is 2.10. The average Bonchev–Trinajstić information content (AvgIpc) is 2.75. The van der Waals surface area contributed by atoms with E-state index in [-0.39, 0.29) is 5.91 Å². The standard InChI is InChI=1S/C9H8BrN3O/c10-7-5-8(11-6-7)9(14)12-13-3-1-2-4-13/h1-6,11H,(H,12,14). The van der Waals surface area contributed by atoms with Crippen molar-refractivity contribution >= 4 is 21.8 Å². The predicted octanol–water partition coefficient (Wildman–Crippen LogP) is 1.96. The van der Waals surface area contributed by atoms with Gasteiger partial charge in [-0.05, 0) is 34.1 Å². The maximum absolute atomic E-state index is 11.5. The molecule has 14 heavy (non-hydrogen) atoms. The summed E-state index contributed by atoms with van der Waals surface area (Å²) < 4.78 is 2.45. The molecule has 0 saturated heterocycles. The molecule has 0 saturated carbocycles. The summed E-state index contributed by atoms with van der Waals surface area (Å²) in [6.07, 6.45) is 5.23. The number of halogens is 1. The minimum absolute atomic E-state index is 0.174. The molecule has 0 aliphatic heterocycles. The van der Waals surface area contributed by atoms with Gasteiger partial charge < -0.3 is 4.98 Å². The molecule has 0 spiro atoms. The SMILES string of the molecule is O=C(Nn1cccc1)c1cc(Br)c[nH]1. The van der Waals surface area contributed by atoms with Crippen LogP contribution in [-0.4, -0.2) is 15.6 Å². The highest BCUT2D eigenvalue weighted by Gasteiger charge is 2.06. The van der Waals surface area contributed by atoms with E-state index in [9.17, 15) is 4.79 Å². The summed E-state index contributed by atoms with van der Waals surface area (Å²) in [5.74, 6) is -0.174. The van der Waals surface area contributed by atoms with Crippen LogP contribution in [0.3, 0.4) is 0 Å². The van der Waals surface area contributed by atoms with Gasteiger partial charge in [-0.3, -0.25) is 14.9 Å². The molecule has 2 aromatic rings. The number of aromatic amines is 1. The van der Waals surface area contributed by atoms with Gasteiger partial charge in [0.05, 0.1) is 0 Å². The second kappa shape index (κ2) is 3.71. The van der Waals surface area contributed by atoms with Gasteiger partial charge in [0, 0.05) is 23.1 Å². The molecule has 1 amide bonds. The van der Waals surface area contributed by atoms with Crippen molar-refractivity contribution in [2.45, 2.75) is 0 Å². The van der Waals surface area contributed by atoms with Crippen molar-refractivity contribution in [1.29, 1.82) is 0 Å². The smallest absolute Gasteiger partial charge is 0.286 e. The van der Waals surface area contributed by atoms with E-state index in [0.717, 1.165) is 4.47 Å². The molecule has 2 N–H and O–H groups in total. The number of carbonyl (C=O) groups is 1. The Hall–Kier alpha value is -1.49. The lowest BCUT2D eigenvalue weighted by molar-refractivity contribution is 0.100. The number of aromatic nitrogens is 2. The van der Waals surface area contributed by atoms with Crippen LogP contribution in [0.15, 0.2) is 41.3 Å². The fourth-order valence-corrected chi connectivity index (χ4v) is 1.43. The van der Waals surface area contributed by atoms with Gasteiger partial charge in [-0.25, -0.2) is 0 Å². The lowest BCUT2D eigenvalue weighted by atomic mass is 10.4. The van der Waals surface area contributed by atoms with Crippen LogP contribution >= 0.6 is 15.9 Å². The normalized spacial score (nSPS) is 10.1. The fraction of sp³-hybridized carbons (Fsp3) is 0. The lowest BCUT2D eigenvalue weighted by Crippen LogP contribution is -2.21. The van der Waals surface area contributed by atoms with Gasteiger partial charge in [0.2, 0.25) is 0 Å². The molecule has 2 rings (SSSR count). The van der Waals surface area contributed by atoms with Crippen molar-refractivity contribution in [2.75, 3.05) is 5.43 Å². The van der Waals surface area contributed by atoms with Crippen molar-refractivity contribution in [3.05, 3.63) is 47.0 Å². The van der Waals surface area contributed by atoms with Crippen LogP contribution < -0.4 is 5.43 Å². The second-order valence-corrected chi connectivity index (χ2v) is 3.68. The van der Waals surface area contributed by atoms with E-state index in [0.29, 0.717) is 5.69 Å². The average molecular weight is 254 g/mol. The summed E-state index contributed by atoms with van der Waals surface area (Å²) in [7, 11) is 0. The zero-order chi connectivity index (χ0) is 9.97. The molecule has 2 aromatic heterocycles. The molecule has 5 heteroatoms. The van der Waals surface area contributed by atoms with Crippen LogP contribution in [-0.2, 0) is 0 Å². The van der Waals surface area contributed by atoms with Crippen LogP contribution in [0.4, 0.5) is 0 Å². The monoisotopic (exact) mass is 253 g/mol.